The number of aromatic nitrogens is 2. The third kappa shape index (κ3) is 4.49. The fourth-order valence-electron chi connectivity index (χ4n) is 2.84. The molecule has 136 valence electrons. The molecular formula is C18H19ClN4O3. The molecule has 0 aliphatic carbocycles. The minimum absolute atomic E-state index is 0.0780. The summed E-state index contributed by atoms with van der Waals surface area (Å²) in [4.78, 5) is 39.2. The van der Waals surface area contributed by atoms with Crippen LogP contribution in [0.4, 0.5) is 0 Å². The summed E-state index contributed by atoms with van der Waals surface area (Å²) in [6.07, 6.45) is 1.09. The van der Waals surface area contributed by atoms with Crippen LogP contribution in [0, 0.1) is 0 Å². The molecule has 0 radical (unpaired) electrons. The first-order chi connectivity index (χ1) is 12.5. The fourth-order valence-corrected chi connectivity index (χ4v) is 2.97. The van der Waals surface area contributed by atoms with Crippen molar-refractivity contribution in [3.63, 3.8) is 0 Å². The van der Waals surface area contributed by atoms with E-state index < -0.39 is 0 Å². The number of rotatable bonds is 4. The van der Waals surface area contributed by atoms with Gasteiger partial charge in [0.25, 0.3) is 11.5 Å². The summed E-state index contributed by atoms with van der Waals surface area (Å²) in [5, 5.41) is 6.69. The number of hydrogen-bond acceptors (Lipinski definition) is 4. The van der Waals surface area contributed by atoms with Crippen LogP contribution in [0.15, 0.2) is 41.2 Å². The molecule has 0 saturated carbocycles. The van der Waals surface area contributed by atoms with Crippen molar-refractivity contribution in [2.24, 2.45) is 0 Å². The summed E-state index contributed by atoms with van der Waals surface area (Å²) in [6.45, 7) is 1.89. The average molecular weight is 375 g/mol. The number of nitrogens with zero attached hydrogens (tertiary/aromatic N) is 3. The van der Waals surface area contributed by atoms with Gasteiger partial charge in [0.1, 0.15) is 5.69 Å². The third-order valence-corrected chi connectivity index (χ3v) is 4.61. The molecule has 2 amide bonds. The number of nitrogens with one attached hydrogen (secondary N) is 1. The van der Waals surface area contributed by atoms with Gasteiger partial charge in [-0.15, -0.1) is 0 Å². The lowest BCUT2D eigenvalue weighted by Gasteiger charge is -2.34. The maximum absolute atomic E-state index is 12.4. The van der Waals surface area contributed by atoms with Crippen molar-refractivity contribution in [2.45, 2.75) is 12.8 Å². The van der Waals surface area contributed by atoms with Gasteiger partial charge in [-0.3, -0.25) is 14.4 Å². The van der Waals surface area contributed by atoms with Crippen LogP contribution in [-0.4, -0.2) is 58.0 Å². The molecule has 1 N–H and O–H groups in total. The van der Waals surface area contributed by atoms with Crippen molar-refractivity contribution >= 4 is 23.4 Å². The van der Waals surface area contributed by atoms with Crippen molar-refractivity contribution in [1.29, 1.82) is 0 Å². The largest absolute Gasteiger partial charge is 0.339 e. The Bertz CT molecular complexity index is 822. The molecule has 7 nitrogen and oxygen atoms in total. The van der Waals surface area contributed by atoms with E-state index in [-0.39, 0.29) is 23.1 Å². The normalized spacial score (nSPS) is 14.3. The second-order valence-corrected chi connectivity index (χ2v) is 6.54. The van der Waals surface area contributed by atoms with Gasteiger partial charge in [0.15, 0.2) is 0 Å². The molecule has 0 spiro atoms. The standard InChI is InChI=1S/C18H19ClN4O3/c19-14-4-1-13(2-5-14)3-8-17(25)22-9-11-23(12-10-22)18(26)15-6-7-16(24)21-20-15/h1-2,4-7H,3,8-12H2,(H,21,24). The summed E-state index contributed by atoms with van der Waals surface area (Å²) in [7, 11) is 0. The van der Waals surface area contributed by atoms with Crippen molar-refractivity contribution < 1.29 is 9.59 Å². The fraction of sp³-hybridized carbons (Fsp3) is 0.333. The number of halogens is 1. The summed E-state index contributed by atoms with van der Waals surface area (Å²) in [5.41, 5.74) is 0.922. The second kappa shape index (κ2) is 8.14. The van der Waals surface area contributed by atoms with E-state index in [1.54, 1.807) is 9.80 Å². The molecule has 0 unspecified atom stereocenters. The molecule has 2 aromatic rings. The zero-order valence-corrected chi connectivity index (χ0v) is 14.9. The quantitative estimate of drug-likeness (QED) is 0.875. The molecular weight excluding hydrogens is 356 g/mol. The van der Waals surface area contributed by atoms with Gasteiger partial charge in [-0.05, 0) is 30.2 Å². The number of hydrogen-bond donors (Lipinski definition) is 1. The highest BCUT2D eigenvalue weighted by Gasteiger charge is 2.25. The zero-order chi connectivity index (χ0) is 18.5. The van der Waals surface area contributed by atoms with Crippen LogP contribution in [0.2, 0.25) is 5.02 Å². The molecule has 1 saturated heterocycles. The van der Waals surface area contributed by atoms with Gasteiger partial charge in [-0.2, -0.15) is 5.10 Å². The molecule has 1 aliphatic rings. The smallest absolute Gasteiger partial charge is 0.274 e. The van der Waals surface area contributed by atoms with E-state index in [1.807, 2.05) is 24.3 Å². The first-order valence-corrected chi connectivity index (χ1v) is 8.78. The number of benzene rings is 1. The Morgan fingerprint density at radius 2 is 1.65 bits per heavy atom. The van der Waals surface area contributed by atoms with Crippen molar-refractivity contribution in [2.75, 3.05) is 26.2 Å². The SMILES string of the molecule is O=C(CCc1ccc(Cl)cc1)N1CCN(C(=O)c2ccc(=O)[nH]n2)CC1. The van der Waals surface area contributed by atoms with Gasteiger partial charge in [-0.25, -0.2) is 5.10 Å². The van der Waals surface area contributed by atoms with Crippen LogP contribution in [0.3, 0.4) is 0 Å². The van der Waals surface area contributed by atoms with Crippen LogP contribution < -0.4 is 5.56 Å². The topological polar surface area (TPSA) is 86.4 Å². The monoisotopic (exact) mass is 374 g/mol. The number of carbonyl (C=O) groups excluding carboxylic acids is 2. The summed E-state index contributed by atoms with van der Waals surface area (Å²) in [6, 6.07) is 10.2. The molecule has 0 atom stereocenters. The van der Waals surface area contributed by atoms with Crippen LogP contribution in [0.25, 0.3) is 0 Å². The van der Waals surface area contributed by atoms with Crippen LogP contribution in [-0.2, 0) is 11.2 Å². The zero-order valence-electron chi connectivity index (χ0n) is 14.2. The van der Waals surface area contributed by atoms with Crippen LogP contribution in [0.5, 0.6) is 0 Å². The highest BCUT2D eigenvalue weighted by Crippen LogP contribution is 2.13. The summed E-state index contributed by atoms with van der Waals surface area (Å²) >= 11 is 5.86. The first kappa shape index (κ1) is 18.1. The Morgan fingerprint density at radius 3 is 2.27 bits per heavy atom. The van der Waals surface area contributed by atoms with E-state index >= 15 is 0 Å². The molecule has 8 heteroatoms. The molecule has 1 aliphatic heterocycles. The Labute approximate surface area is 155 Å². The Balaban J connectivity index is 1.48. The predicted molar refractivity (Wildman–Crippen MR) is 97.1 cm³/mol. The van der Waals surface area contributed by atoms with E-state index in [0.717, 1.165) is 5.56 Å². The molecule has 0 bridgehead atoms. The number of aromatic amines is 1. The lowest BCUT2D eigenvalue weighted by molar-refractivity contribution is -0.132. The van der Waals surface area contributed by atoms with Gasteiger partial charge < -0.3 is 9.80 Å². The Kier molecular flexibility index (Phi) is 5.68. The van der Waals surface area contributed by atoms with Gasteiger partial charge in [-0.1, -0.05) is 23.7 Å². The number of piperazine rings is 1. The number of amides is 2. The van der Waals surface area contributed by atoms with E-state index in [1.165, 1.54) is 12.1 Å². The van der Waals surface area contributed by atoms with E-state index in [2.05, 4.69) is 10.2 Å². The lowest BCUT2D eigenvalue weighted by Crippen LogP contribution is -2.50. The van der Waals surface area contributed by atoms with Gasteiger partial charge in [0.2, 0.25) is 5.91 Å². The maximum Gasteiger partial charge on any atom is 0.274 e. The highest BCUT2D eigenvalue weighted by atomic mass is 35.5. The molecule has 3 rings (SSSR count). The second-order valence-electron chi connectivity index (χ2n) is 6.11. The highest BCUT2D eigenvalue weighted by molar-refractivity contribution is 6.30. The number of H-pyrrole nitrogens is 1. The minimum atomic E-state index is -0.349. The molecule has 1 fully saturated rings. The first-order valence-electron chi connectivity index (χ1n) is 8.40. The predicted octanol–water partition coefficient (Wildman–Crippen LogP) is 1.34. The van der Waals surface area contributed by atoms with Crippen LogP contribution in [0.1, 0.15) is 22.5 Å². The van der Waals surface area contributed by atoms with Gasteiger partial charge >= 0.3 is 0 Å². The third-order valence-electron chi connectivity index (χ3n) is 4.36. The molecule has 26 heavy (non-hydrogen) atoms. The molecule has 1 aromatic carbocycles. The number of aryl methyl sites for hydroxylation is 1. The van der Waals surface area contributed by atoms with Gasteiger partial charge in [0.05, 0.1) is 0 Å². The maximum atomic E-state index is 12.4. The summed E-state index contributed by atoms with van der Waals surface area (Å²) < 4.78 is 0. The molecule has 2 heterocycles. The van der Waals surface area contributed by atoms with Crippen molar-refractivity contribution in [3.05, 3.63) is 63.0 Å². The Hall–Kier alpha value is -2.67. The van der Waals surface area contributed by atoms with Crippen molar-refractivity contribution in [3.8, 4) is 0 Å². The number of carbonyl (C=O) groups is 2. The van der Waals surface area contributed by atoms with E-state index in [0.29, 0.717) is 44.0 Å². The van der Waals surface area contributed by atoms with E-state index in [4.69, 9.17) is 11.6 Å². The average Bonchev–Trinajstić information content (AvgIpc) is 2.67. The van der Waals surface area contributed by atoms with E-state index in [9.17, 15) is 14.4 Å². The lowest BCUT2D eigenvalue weighted by atomic mass is 10.1. The summed E-state index contributed by atoms with van der Waals surface area (Å²) in [5.74, 6) is -0.163. The minimum Gasteiger partial charge on any atom is -0.339 e. The Morgan fingerprint density at radius 1 is 1.00 bits per heavy atom. The van der Waals surface area contributed by atoms with Gasteiger partial charge in [0, 0.05) is 43.7 Å². The molecule has 1 aromatic heterocycles. The van der Waals surface area contributed by atoms with Crippen LogP contribution >= 0.6 is 11.6 Å². The van der Waals surface area contributed by atoms with Crippen molar-refractivity contribution in [1.82, 2.24) is 20.0 Å².